The zero-order valence-electron chi connectivity index (χ0n) is 7.65. The number of carbonyl (C=O) groups excluding carboxylic acids is 2. The zero-order chi connectivity index (χ0) is 10.6. The number of nitrogen functional groups attached to an aromatic ring is 1. The van der Waals surface area contributed by atoms with Gasteiger partial charge in [0.15, 0.2) is 5.82 Å². The summed E-state index contributed by atoms with van der Waals surface area (Å²) in [5.74, 6) is -0.450. The van der Waals surface area contributed by atoms with Crippen LogP contribution in [0.4, 0.5) is 11.5 Å². The molecular formula is C8H10N4O2. The van der Waals surface area contributed by atoms with Crippen LogP contribution in [0, 0.1) is 0 Å². The number of nitrogens with two attached hydrogens (primary N) is 1. The Morgan fingerprint density at radius 2 is 2.29 bits per heavy atom. The molecule has 74 valence electrons. The summed E-state index contributed by atoms with van der Waals surface area (Å²) in [6.45, 7) is 1.34. The average Bonchev–Trinajstić information content (AvgIpc) is 2.07. The smallest absolute Gasteiger partial charge is 0.231 e. The standard InChI is InChI=1S/C8H10N4O2/c1-5(13)2-7(14)12-6-3-10-4-11-8(6)9/h3-4H,2H2,1H3,(H,12,14)(H2,9,10,11). The minimum absolute atomic E-state index is 0.172. The van der Waals surface area contributed by atoms with Crippen LogP contribution in [0.3, 0.4) is 0 Å². The Kier molecular flexibility index (Phi) is 3.11. The maximum Gasteiger partial charge on any atom is 0.231 e. The molecule has 0 aliphatic heterocycles. The second kappa shape index (κ2) is 4.31. The van der Waals surface area contributed by atoms with E-state index in [1.807, 2.05) is 0 Å². The molecular weight excluding hydrogens is 184 g/mol. The number of Topliss-reactive ketones (excluding diaryl/α,β-unsaturated/α-hetero) is 1. The van der Waals surface area contributed by atoms with E-state index in [1.165, 1.54) is 19.4 Å². The van der Waals surface area contributed by atoms with Gasteiger partial charge in [0.05, 0.1) is 12.6 Å². The molecule has 6 nitrogen and oxygen atoms in total. The van der Waals surface area contributed by atoms with Crippen LogP contribution < -0.4 is 11.1 Å². The Hall–Kier alpha value is -1.98. The average molecular weight is 194 g/mol. The highest BCUT2D eigenvalue weighted by atomic mass is 16.2. The van der Waals surface area contributed by atoms with E-state index < -0.39 is 5.91 Å². The molecule has 1 amide bonds. The normalized spacial score (nSPS) is 9.50. The van der Waals surface area contributed by atoms with E-state index in [2.05, 4.69) is 15.3 Å². The first kappa shape index (κ1) is 10.1. The third-order valence-electron chi connectivity index (χ3n) is 1.43. The Morgan fingerprint density at radius 1 is 1.57 bits per heavy atom. The lowest BCUT2D eigenvalue weighted by atomic mass is 10.3. The molecule has 0 fully saturated rings. The van der Waals surface area contributed by atoms with Gasteiger partial charge in [0.1, 0.15) is 17.8 Å². The highest BCUT2D eigenvalue weighted by molar-refractivity contribution is 6.04. The first-order valence-electron chi connectivity index (χ1n) is 3.94. The van der Waals surface area contributed by atoms with Crippen molar-refractivity contribution >= 4 is 23.2 Å². The molecule has 0 saturated heterocycles. The van der Waals surface area contributed by atoms with E-state index >= 15 is 0 Å². The minimum Gasteiger partial charge on any atom is -0.382 e. The molecule has 0 aromatic carbocycles. The van der Waals surface area contributed by atoms with E-state index in [0.29, 0.717) is 5.69 Å². The summed E-state index contributed by atoms with van der Waals surface area (Å²) in [6.07, 6.45) is 2.48. The number of nitrogens with zero attached hydrogens (tertiary/aromatic N) is 2. The Morgan fingerprint density at radius 3 is 2.86 bits per heavy atom. The van der Waals surface area contributed by atoms with Crippen LogP contribution in [0.1, 0.15) is 13.3 Å². The number of rotatable bonds is 3. The first-order valence-corrected chi connectivity index (χ1v) is 3.94. The van der Waals surface area contributed by atoms with Gasteiger partial charge in [-0.1, -0.05) is 0 Å². The van der Waals surface area contributed by atoms with E-state index in [1.54, 1.807) is 0 Å². The zero-order valence-corrected chi connectivity index (χ0v) is 7.65. The number of ketones is 1. The first-order chi connectivity index (χ1) is 6.59. The van der Waals surface area contributed by atoms with Crippen molar-refractivity contribution in [3.63, 3.8) is 0 Å². The van der Waals surface area contributed by atoms with Gasteiger partial charge in [-0.3, -0.25) is 9.59 Å². The molecule has 14 heavy (non-hydrogen) atoms. The number of amides is 1. The van der Waals surface area contributed by atoms with Crippen LogP contribution in [0.25, 0.3) is 0 Å². The third kappa shape index (κ3) is 2.81. The summed E-state index contributed by atoms with van der Waals surface area (Å²) in [7, 11) is 0. The summed E-state index contributed by atoms with van der Waals surface area (Å²) in [5.41, 5.74) is 5.77. The number of aromatic nitrogens is 2. The van der Waals surface area contributed by atoms with Gasteiger partial charge >= 0.3 is 0 Å². The highest BCUT2D eigenvalue weighted by Gasteiger charge is 2.07. The number of anilines is 2. The topological polar surface area (TPSA) is 98.0 Å². The van der Waals surface area contributed by atoms with Crippen LogP contribution in [0.5, 0.6) is 0 Å². The van der Waals surface area contributed by atoms with Crippen molar-refractivity contribution in [3.05, 3.63) is 12.5 Å². The molecule has 0 aliphatic rings. The largest absolute Gasteiger partial charge is 0.382 e. The molecule has 0 unspecified atom stereocenters. The van der Waals surface area contributed by atoms with Crippen molar-refractivity contribution in [1.82, 2.24) is 9.97 Å². The lowest BCUT2D eigenvalue weighted by molar-refractivity contribution is -0.124. The lowest BCUT2D eigenvalue weighted by Gasteiger charge is -2.04. The summed E-state index contributed by atoms with van der Waals surface area (Å²) in [5, 5.41) is 2.43. The Balaban J connectivity index is 2.65. The van der Waals surface area contributed by atoms with E-state index in [-0.39, 0.29) is 18.0 Å². The molecule has 0 aliphatic carbocycles. The molecule has 1 heterocycles. The van der Waals surface area contributed by atoms with Gasteiger partial charge in [-0.2, -0.15) is 0 Å². The van der Waals surface area contributed by atoms with Crippen LogP contribution in [0.15, 0.2) is 12.5 Å². The molecule has 0 radical (unpaired) electrons. The van der Waals surface area contributed by atoms with Crippen LogP contribution in [0.2, 0.25) is 0 Å². The van der Waals surface area contributed by atoms with E-state index in [9.17, 15) is 9.59 Å². The van der Waals surface area contributed by atoms with Gasteiger partial charge in [0.25, 0.3) is 0 Å². The molecule has 3 N–H and O–H groups in total. The summed E-state index contributed by atoms with van der Waals surface area (Å²) in [6, 6.07) is 0. The summed E-state index contributed by atoms with van der Waals surface area (Å²) >= 11 is 0. The van der Waals surface area contributed by atoms with Crippen molar-refractivity contribution in [2.45, 2.75) is 13.3 Å². The second-order valence-electron chi connectivity index (χ2n) is 2.75. The number of carbonyl (C=O) groups is 2. The maximum absolute atomic E-state index is 11.1. The van der Waals surface area contributed by atoms with Gasteiger partial charge in [0.2, 0.25) is 5.91 Å². The molecule has 1 aromatic heterocycles. The van der Waals surface area contributed by atoms with Crippen molar-refractivity contribution in [2.75, 3.05) is 11.1 Å². The van der Waals surface area contributed by atoms with Crippen LogP contribution in [-0.2, 0) is 9.59 Å². The van der Waals surface area contributed by atoms with Crippen molar-refractivity contribution < 1.29 is 9.59 Å². The minimum atomic E-state index is -0.418. The van der Waals surface area contributed by atoms with Gasteiger partial charge in [-0.15, -0.1) is 0 Å². The fraction of sp³-hybridized carbons (Fsp3) is 0.250. The molecule has 1 aromatic rings. The molecule has 0 spiro atoms. The SMILES string of the molecule is CC(=O)CC(=O)Nc1cncnc1N. The predicted molar refractivity (Wildman–Crippen MR) is 50.4 cm³/mol. The van der Waals surface area contributed by atoms with Gasteiger partial charge in [-0.25, -0.2) is 9.97 Å². The highest BCUT2D eigenvalue weighted by Crippen LogP contribution is 2.11. The van der Waals surface area contributed by atoms with Crippen LogP contribution >= 0.6 is 0 Å². The lowest BCUT2D eigenvalue weighted by Crippen LogP contribution is -2.16. The van der Waals surface area contributed by atoms with Crippen molar-refractivity contribution in [1.29, 1.82) is 0 Å². The second-order valence-corrected chi connectivity index (χ2v) is 2.75. The molecule has 0 atom stereocenters. The van der Waals surface area contributed by atoms with Gasteiger partial charge in [-0.05, 0) is 6.92 Å². The maximum atomic E-state index is 11.1. The van der Waals surface area contributed by atoms with Gasteiger partial charge in [0, 0.05) is 0 Å². The van der Waals surface area contributed by atoms with Crippen LogP contribution in [-0.4, -0.2) is 21.7 Å². The fourth-order valence-electron chi connectivity index (χ4n) is 0.856. The number of hydrogen-bond donors (Lipinski definition) is 2. The Bertz CT molecular complexity index is 364. The van der Waals surface area contributed by atoms with Gasteiger partial charge < -0.3 is 11.1 Å². The molecule has 1 rings (SSSR count). The molecule has 0 saturated carbocycles. The monoisotopic (exact) mass is 194 g/mol. The van der Waals surface area contributed by atoms with Crippen molar-refractivity contribution in [2.24, 2.45) is 0 Å². The van der Waals surface area contributed by atoms with E-state index in [0.717, 1.165) is 0 Å². The third-order valence-corrected chi connectivity index (χ3v) is 1.43. The van der Waals surface area contributed by atoms with Crippen molar-refractivity contribution in [3.8, 4) is 0 Å². The van der Waals surface area contributed by atoms with E-state index in [4.69, 9.17) is 5.73 Å². The fourth-order valence-corrected chi connectivity index (χ4v) is 0.856. The molecule has 0 bridgehead atoms. The quantitative estimate of drug-likeness (QED) is 0.659. The summed E-state index contributed by atoms with van der Waals surface area (Å²) in [4.78, 5) is 29.1. The number of hydrogen-bond acceptors (Lipinski definition) is 5. The summed E-state index contributed by atoms with van der Waals surface area (Å²) < 4.78 is 0. The predicted octanol–water partition coefficient (Wildman–Crippen LogP) is -0.0236. The number of nitrogens with one attached hydrogen (secondary N) is 1. The molecule has 6 heteroatoms. The Labute approximate surface area is 80.5 Å².